The lowest BCUT2D eigenvalue weighted by molar-refractivity contribution is 0.0692. The molecule has 32 heavy (non-hydrogen) atoms. The number of carbonyl (C=O) groups is 1. The Morgan fingerprint density at radius 1 is 1.00 bits per heavy atom. The third kappa shape index (κ3) is 4.60. The van der Waals surface area contributed by atoms with Crippen LogP contribution in [0.2, 0.25) is 0 Å². The van der Waals surface area contributed by atoms with Crippen molar-refractivity contribution in [2.24, 2.45) is 0 Å². The first-order valence-corrected chi connectivity index (χ1v) is 10.3. The van der Waals surface area contributed by atoms with Crippen molar-refractivity contribution in [1.29, 1.82) is 0 Å². The lowest BCUT2D eigenvalue weighted by Crippen LogP contribution is -2.00. The monoisotopic (exact) mass is 431 g/mol. The maximum Gasteiger partial charge on any atom is 0.338 e. The van der Waals surface area contributed by atoms with E-state index >= 15 is 0 Å². The number of hydrogen-bond donors (Lipinski definition) is 1. The first-order valence-electron chi connectivity index (χ1n) is 10.3. The summed E-state index contributed by atoms with van der Waals surface area (Å²) in [6.07, 6.45) is 0.934. The van der Waals surface area contributed by atoms with E-state index in [2.05, 4.69) is 24.2 Å². The van der Waals surface area contributed by atoms with Gasteiger partial charge in [-0.15, -0.1) is 0 Å². The molecule has 0 fully saturated rings. The van der Waals surface area contributed by atoms with E-state index < -0.39 is 11.8 Å². The fourth-order valence-corrected chi connectivity index (χ4v) is 3.49. The summed E-state index contributed by atoms with van der Waals surface area (Å²) in [6, 6.07) is 21.7. The molecule has 0 aliphatic heterocycles. The van der Waals surface area contributed by atoms with Gasteiger partial charge in [0.15, 0.2) is 5.76 Å². The summed E-state index contributed by atoms with van der Waals surface area (Å²) in [7, 11) is 0. The summed E-state index contributed by atoms with van der Waals surface area (Å²) in [5.74, 6) is -1.60. The first kappa shape index (κ1) is 21.5. The number of hydrogen-bond acceptors (Lipinski definition) is 4. The van der Waals surface area contributed by atoms with Crippen molar-refractivity contribution >= 4 is 5.97 Å². The molecule has 3 aromatic carbocycles. The van der Waals surface area contributed by atoms with Gasteiger partial charge in [0.2, 0.25) is 0 Å². The molecule has 4 rings (SSSR count). The van der Waals surface area contributed by atoms with Gasteiger partial charge < -0.3 is 14.4 Å². The lowest BCUT2D eigenvalue weighted by atomic mass is 9.97. The minimum atomic E-state index is -1.31. The van der Waals surface area contributed by atoms with Crippen LogP contribution in [0.15, 0.2) is 77.3 Å². The SMILES string of the molecule is CCCOCc1cc(-c2cc(-c3ccc(C(=O)O)c(F)c3)no2)ccc1-c1ccccc1. The van der Waals surface area contributed by atoms with Gasteiger partial charge in [0.25, 0.3) is 0 Å². The largest absolute Gasteiger partial charge is 0.478 e. The Labute approximate surface area is 185 Å². The van der Waals surface area contributed by atoms with Gasteiger partial charge in [-0.3, -0.25) is 0 Å². The number of benzene rings is 3. The number of ether oxygens (including phenoxy) is 1. The molecule has 0 atom stereocenters. The van der Waals surface area contributed by atoms with Gasteiger partial charge in [-0.1, -0.05) is 60.6 Å². The van der Waals surface area contributed by atoms with Crippen LogP contribution in [0.3, 0.4) is 0 Å². The summed E-state index contributed by atoms with van der Waals surface area (Å²) in [5, 5.41) is 13.0. The van der Waals surface area contributed by atoms with Crippen LogP contribution in [0.1, 0.15) is 29.3 Å². The van der Waals surface area contributed by atoms with E-state index in [-0.39, 0.29) is 5.56 Å². The van der Waals surface area contributed by atoms with Gasteiger partial charge in [-0.2, -0.15) is 0 Å². The predicted octanol–water partition coefficient (Wildman–Crippen LogP) is 6.44. The zero-order valence-electron chi connectivity index (χ0n) is 17.5. The number of carboxylic acids is 1. The quantitative estimate of drug-likeness (QED) is 0.325. The Morgan fingerprint density at radius 2 is 1.78 bits per heavy atom. The highest BCUT2D eigenvalue weighted by atomic mass is 19.1. The molecule has 5 nitrogen and oxygen atoms in total. The Hall–Kier alpha value is -3.77. The predicted molar refractivity (Wildman–Crippen MR) is 120 cm³/mol. The number of rotatable bonds is 8. The van der Waals surface area contributed by atoms with E-state index in [0.717, 1.165) is 34.7 Å². The molecule has 1 heterocycles. The van der Waals surface area contributed by atoms with Crippen molar-refractivity contribution in [3.8, 4) is 33.7 Å². The van der Waals surface area contributed by atoms with Crippen molar-refractivity contribution in [3.05, 3.63) is 89.7 Å². The molecule has 0 aliphatic carbocycles. The summed E-state index contributed by atoms with van der Waals surface area (Å²) < 4.78 is 25.4. The zero-order valence-corrected chi connectivity index (χ0v) is 17.5. The molecule has 0 saturated carbocycles. The van der Waals surface area contributed by atoms with Crippen LogP contribution in [0.25, 0.3) is 33.7 Å². The van der Waals surface area contributed by atoms with E-state index in [0.29, 0.717) is 30.2 Å². The van der Waals surface area contributed by atoms with Crippen LogP contribution >= 0.6 is 0 Å². The Morgan fingerprint density at radius 3 is 2.50 bits per heavy atom. The number of carboxylic acid groups (broad SMARTS) is 1. The Bertz CT molecular complexity index is 1230. The van der Waals surface area contributed by atoms with Crippen molar-refractivity contribution in [1.82, 2.24) is 5.16 Å². The normalized spacial score (nSPS) is 10.9. The molecular weight excluding hydrogens is 409 g/mol. The number of halogens is 1. The topological polar surface area (TPSA) is 72.6 Å². The molecule has 0 amide bonds. The fourth-order valence-electron chi connectivity index (χ4n) is 3.49. The minimum Gasteiger partial charge on any atom is -0.478 e. The molecular formula is C26H22FNO4. The van der Waals surface area contributed by atoms with Gasteiger partial charge >= 0.3 is 5.97 Å². The summed E-state index contributed by atoms with van der Waals surface area (Å²) in [6.45, 7) is 3.20. The van der Waals surface area contributed by atoms with Gasteiger partial charge in [0.1, 0.15) is 11.5 Å². The van der Waals surface area contributed by atoms with Gasteiger partial charge in [-0.05, 0) is 41.3 Å². The molecule has 162 valence electrons. The summed E-state index contributed by atoms with van der Waals surface area (Å²) >= 11 is 0. The molecule has 1 aromatic heterocycles. The van der Waals surface area contributed by atoms with Crippen molar-refractivity contribution in [3.63, 3.8) is 0 Å². The molecule has 0 radical (unpaired) electrons. The highest BCUT2D eigenvalue weighted by Gasteiger charge is 2.15. The van der Waals surface area contributed by atoms with Gasteiger partial charge in [-0.25, -0.2) is 9.18 Å². The summed E-state index contributed by atoms with van der Waals surface area (Å²) in [4.78, 5) is 11.0. The Balaban J connectivity index is 1.67. The fraction of sp³-hybridized carbons (Fsp3) is 0.154. The van der Waals surface area contributed by atoms with Crippen LogP contribution < -0.4 is 0 Å². The molecule has 1 N–H and O–H groups in total. The zero-order chi connectivity index (χ0) is 22.5. The van der Waals surface area contributed by atoms with E-state index in [4.69, 9.17) is 14.4 Å². The lowest BCUT2D eigenvalue weighted by Gasteiger charge is -2.12. The van der Waals surface area contributed by atoms with Crippen LogP contribution in [-0.4, -0.2) is 22.8 Å². The number of aromatic nitrogens is 1. The number of nitrogens with zero attached hydrogens (tertiary/aromatic N) is 1. The second-order valence-corrected chi connectivity index (χ2v) is 7.37. The minimum absolute atomic E-state index is 0.384. The third-order valence-corrected chi connectivity index (χ3v) is 5.09. The van der Waals surface area contributed by atoms with Crippen LogP contribution in [0.4, 0.5) is 4.39 Å². The summed E-state index contributed by atoms with van der Waals surface area (Å²) in [5.41, 5.74) is 4.50. The maximum absolute atomic E-state index is 14.1. The van der Waals surface area contributed by atoms with E-state index in [1.807, 2.05) is 36.4 Å². The van der Waals surface area contributed by atoms with Crippen molar-refractivity contribution in [2.45, 2.75) is 20.0 Å². The Kier molecular flexibility index (Phi) is 6.42. The van der Waals surface area contributed by atoms with Gasteiger partial charge in [0.05, 0.1) is 12.2 Å². The smallest absolute Gasteiger partial charge is 0.338 e. The standard InChI is InChI=1S/C26H22FNO4/c1-2-12-31-16-20-13-19(9-10-21(20)17-6-4-3-5-7-17)25-15-24(28-32-25)18-8-11-22(26(29)30)23(27)14-18/h3-11,13-15H,2,12,16H2,1H3,(H,29,30). The number of aromatic carboxylic acids is 1. The first-order chi connectivity index (χ1) is 15.6. The van der Waals surface area contributed by atoms with Crippen LogP contribution in [-0.2, 0) is 11.3 Å². The molecule has 0 spiro atoms. The van der Waals surface area contributed by atoms with E-state index in [1.54, 1.807) is 6.07 Å². The second-order valence-electron chi connectivity index (χ2n) is 7.37. The average Bonchev–Trinajstić information content (AvgIpc) is 3.30. The van der Waals surface area contributed by atoms with Crippen molar-refractivity contribution in [2.75, 3.05) is 6.61 Å². The second kappa shape index (κ2) is 9.58. The van der Waals surface area contributed by atoms with Gasteiger partial charge in [0, 0.05) is 23.8 Å². The highest BCUT2D eigenvalue weighted by molar-refractivity contribution is 5.88. The molecule has 4 aromatic rings. The molecule has 0 saturated heterocycles. The molecule has 0 unspecified atom stereocenters. The third-order valence-electron chi connectivity index (χ3n) is 5.09. The molecule has 6 heteroatoms. The van der Waals surface area contributed by atoms with Crippen molar-refractivity contribution < 1.29 is 23.6 Å². The highest BCUT2D eigenvalue weighted by Crippen LogP contribution is 2.32. The van der Waals surface area contributed by atoms with Crippen LogP contribution in [0, 0.1) is 5.82 Å². The van der Waals surface area contributed by atoms with E-state index in [9.17, 15) is 9.18 Å². The maximum atomic E-state index is 14.1. The average molecular weight is 431 g/mol. The van der Waals surface area contributed by atoms with Crippen LogP contribution in [0.5, 0.6) is 0 Å². The molecule has 0 bridgehead atoms. The molecule has 0 aliphatic rings. The van der Waals surface area contributed by atoms with E-state index in [1.165, 1.54) is 12.1 Å².